The van der Waals surface area contributed by atoms with Crippen LogP contribution in [0.4, 0.5) is 0 Å². The van der Waals surface area contributed by atoms with Crippen LogP contribution in [-0.4, -0.2) is 11.6 Å². The molecule has 3 nitrogen and oxygen atoms in total. The van der Waals surface area contributed by atoms with Gasteiger partial charge in [-0.25, -0.2) is 5.84 Å². The average molecular weight is 452 g/mol. The van der Waals surface area contributed by atoms with Crippen molar-refractivity contribution >= 4 is 0 Å². The normalized spacial score (nSPS) is 42.3. The van der Waals surface area contributed by atoms with Gasteiger partial charge in [-0.1, -0.05) is 52.2 Å². The lowest BCUT2D eigenvalue weighted by atomic mass is 9.42. The summed E-state index contributed by atoms with van der Waals surface area (Å²) in [6.45, 7) is 15.5. The van der Waals surface area contributed by atoms with Gasteiger partial charge < -0.3 is 10.7 Å². The molecule has 0 heterocycles. The second kappa shape index (κ2) is 9.33. The van der Waals surface area contributed by atoms with Crippen LogP contribution in [-0.2, 0) is 0 Å². The SMILES string of the molecule is C=C(CN(N)/C=C\N)C1CCC2C3CCC(C)(CC#CC4CC4)C(C)(CCC)C3CCC12C. The molecule has 4 fully saturated rings. The topological polar surface area (TPSA) is 55.3 Å². The zero-order valence-electron chi connectivity index (χ0n) is 21.8. The molecule has 4 aliphatic rings. The number of nitrogens with two attached hydrogens (primary N) is 2. The van der Waals surface area contributed by atoms with Crippen LogP contribution in [0.3, 0.4) is 0 Å². The molecule has 3 heteroatoms. The van der Waals surface area contributed by atoms with Crippen molar-refractivity contribution in [3.05, 3.63) is 24.6 Å². The van der Waals surface area contributed by atoms with Gasteiger partial charge in [0.1, 0.15) is 0 Å². The molecule has 33 heavy (non-hydrogen) atoms. The van der Waals surface area contributed by atoms with Crippen molar-refractivity contribution in [3.63, 3.8) is 0 Å². The van der Waals surface area contributed by atoms with Gasteiger partial charge in [-0.3, -0.25) is 0 Å². The molecule has 4 saturated carbocycles. The summed E-state index contributed by atoms with van der Waals surface area (Å²) in [5.41, 5.74) is 7.97. The highest BCUT2D eigenvalue weighted by molar-refractivity contribution is 5.19. The Labute approximate surface area is 203 Å². The molecule has 184 valence electrons. The van der Waals surface area contributed by atoms with Gasteiger partial charge >= 0.3 is 0 Å². The second-order valence-corrected chi connectivity index (χ2v) is 12.8. The van der Waals surface area contributed by atoms with E-state index in [1.807, 2.05) is 0 Å². The molecule has 7 unspecified atom stereocenters. The average Bonchev–Trinajstić information content (AvgIpc) is 3.50. The first-order valence-electron chi connectivity index (χ1n) is 13.7. The maximum absolute atomic E-state index is 6.13. The van der Waals surface area contributed by atoms with Crippen molar-refractivity contribution in [2.75, 3.05) is 6.54 Å². The Morgan fingerprint density at radius 3 is 2.48 bits per heavy atom. The summed E-state index contributed by atoms with van der Waals surface area (Å²) in [4.78, 5) is 0. The molecule has 7 atom stereocenters. The van der Waals surface area contributed by atoms with E-state index >= 15 is 0 Å². The van der Waals surface area contributed by atoms with E-state index < -0.39 is 0 Å². The molecule has 0 saturated heterocycles. The fraction of sp³-hybridized carbons (Fsp3) is 0.800. The highest BCUT2D eigenvalue weighted by Crippen LogP contribution is 2.69. The third-order valence-corrected chi connectivity index (χ3v) is 11.0. The molecule has 4 aliphatic carbocycles. The lowest BCUT2D eigenvalue weighted by molar-refractivity contribution is -0.134. The van der Waals surface area contributed by atoms with Gasteiger partial charge in [0, 0.05) is 24.7 Å². The van der Waals surface area contributed by atoms with Crippen LogP contribution in [0.1, 0.15) is 98.3 Å². The number of hydrazine groups is 1. The third kappa shape index (κ3) is 4.38. The molecule has 4 N–H and O–H groups in total. The summed E-state index contributed by atoms with van der Waals surface area (Å²) in [5, 5.41) is 1.69. The maximum Gasteiger partial charge on any atom is 0.0546 e. The first-order chi connectivity index (χ1) is 15.7. The fourth-order valence-electron chi connectivity index (χ4n) is 8.79. The van der Waals surface area contributed by atoms with Gasteiger partial charge in [0.2, 0.25) is 0 Å². The van der Waals surface area contributed by atoms with Crippen molar-refractivity contribution < 1.29 is 0 Å². The predicted octanol–water partition coefficient (Wildman–Crippen LogP) is 6.62. The molecular formula is C30H49N3. The number of nitrogens with zero attached hydrogens (tertiary/aromatic N) is 1. The highest BCUT2D eigenvalue weighted by Gasteiger charge is 2.62. The summed E-state index contributed by atoms with van der Waals surface area (Å²) < 4.78 is 0. The molecule has 0 radical (unpaired) electrons. The summed E-state index contributed by atoms with van der Waals surface area (Å²) in [6, 6.07) is 0. The summed E-state index contributed by atoms with van der Waals surface area (Å²) >= 11 is 0. The second-order valence-electron chi connectivity index (χ2n) is 12.8. The third-order valence-electron chi connectivity index (χ3n) is 11.0. The van der Waals surface area contributed by atoms with E-state index in [9.17, 15) is 0 Å². The molecule has 0 aromatic rings. The van der Waals surface area contributed by atoms with Crippen LogP contribution < -0.4 is 11.6 Å². The largest absolute Gasteiger partial charge is 0.403 e. The summed E-state index contributed by atoms with van der Waals surface area (Å²) in [7, 11) is 0. The van der Waals surface area contributed by atoms with E-state index in [-0.39, 0.29) is 0 Å². The van der Waals surface area contributed by atoms with Gasteiger partial charge in [0.05, 0.1) is 6.54 Å². The standard InChI is InChI=1S/C30H49N3/c1-6-15-30(5)27-14-18-29(4)25(22(2)21-33(32)20-19-31)11-12-26(29)24(27)13-17-28(30,3)16-7-8-23-9-10-23/h19-20,23-27H,2,6,9-18,21,31-32H2,1,3-5H3/b20-19-. The smallest absolute Gasteiger partial charge is 0.0546 e. The van der Waals surface area contributed by atoms with Gasteiger partial charge in [-0.15, -0.1) is 5.92 Å². The number of rotatable bonds is 7. The van der Waals surface area contributed by atoms with E-state index in [2.05, 4.69) is 46.1 Å². The van der Waals surface area contributed by atoms with Crippen LogP contribution in [0.2, 0.25) is 0 Å². The minimum absolute atomic E-state index is 0.357. The predicted molar refractivity (Wildman–Crippen MR) is 139 cm³/mol. The van der Waals surface area contributed by atoms with Crippen molar-refractivity contribution in [3.8, 4) is 11.8 Å². The monoisotopic (exact) mass is 451 g/mol. The Hall–Kier alpha value is -1.40. The van der Waals surface area contributed by atoms with Gasteiger partial charge in [-0.2, -0.15) is 0 Å². The summed E-state index contributed by atoms with van der Waals surface area (Å²) in [6.07, 6.45) is 17.8. The van der Waals surface area contributed by atoms with Gasteiger partial charge in [0.25, 0.3) is 0 Å². The minimum atomic E-state index is 0.357. The molecule has 0 aliphatic heterocycles. The van der Waals surface area contributed by atoms with Crippen LogP contribution >= 0.6 is 0 Å². The minimum Gasteiger partial charge on any atom is -0.403 e. The molecule has 0 amide bonds. The number of hydrogen-bond acceptors (Lipinski definition) is 3. The maximum atomic E-state index is 6.13. The Morgan fingerprint density at radius 1 is 1.06 bits per heavy atom. The van der Waals surface area contributed by atoms with Gasteiger partial charge in [-0.05, 0) is 97.7 Å². The quantitative estimate of drug-likeness (QED) is 0.198. The summed E-state index contributed by atoms with van der Waals surface area (Å²) in [5.74, 6) is 17.2. The van der Waals surface area contributed by atoms with Gasteiger partial charge in [0.15, 0.2) is 0 Å². The van der Waals surface area contributed by atoms with Crippen LogP contribution in [0, 0.1) is 57.7 Å². The first-order valence-corrected chi connectivity index (χ1v) is 13.7. The lowest BCUT2D eigenvalue weighted by Crippen LogP contribution is -2.55. The zero-order valence-corrected chi connectivity index (χ0v) is 21.8. The first kappa shape index (κ1) is 24.7. The molecule has 4 rings (SSSR count). The molecule has 0 bridgehead atoms. The lowest BCUT2D eigenvalue weighted by Gasteiger charge is -2.63. The van der Waals surface area contributed by atoms with E-state index in [0.29, 0.717) is 34.6 Å². The Morgan fingerprint density at radius 2 is 1.82 bits per heavy atom. The van der Waals surface area contributed by atoms with E-state index in [1.54, 1.807) is 11.2 Å². The zero-order chi connectivity index (χ0) is 23.9. The van der Waals surface area contributed by atoms with Crippen LogP contribution in [0.5, 0.6) is 0 Å². The van der Waals surface area contributed by atoms with E-state index in [4.69, 9.17) is 11.6 Å². The fourth-order valence-corrected chi connectivity index (χ4v) is 8.79. The molecular weight excluding hydrogens is 402 g/mol. The van der Waals surface area contributed by atoms with Crippen LogP contribution in [0.15, 0.2) is 24.6 Å². The van der Waals surface area contributed by atoms with Crippen molar-refractivity contribution in [2.45, 2.75) is 98.3 Å². The van der Waals surface area contributed by atoms with E-state index in [1.165, 1.54) is 76.0 Å². The Bertz CT molecular complexity index is 816. The van der Waals surface area contributed by atoms with Crippen LogP contribution in [0.25, 0.3) is 0 Å². The molecule has 0 spiro atoms. The Balaban J connectivity index is 1.54. The van der Waals surface area contributed by atoms with Crippen molar-refractivity contribution in [1.29, 1.82) is 0 Å². The van der Waals surface area contributed by atoms with Crippen molar-refractivity contribution in [2.24, 2.45) is 57.4 Å². The highest BCUT2D eigenvalue weighted by atomic mass is 15.4. The Kier molecular flexibility index (Phi) is 6.99. The number of hydrogen-bond donors (Lipinski definition) is 2. The molecule has 0 aromatic heterocycles. The van der Waals surface area contributed by atoms with Crippen molar-refractivity contribution in [1.82, 2.24) is 5.01 Å². The number of fused-ring (bicyclic) bond motifs is 3. The van der Waals surface area contributed by atoms with E-state index in [0.717, 1.165) is 24.2 Å². The molecule has 0 aromatic carbocycles.